The first-order valence-corrected chi connectivity index (χ1v) is 9.23. The molecule has 3 aromatic rings. The lowest BCUT2D eigenvalue weighted by molar-refractivity contribution is -0.118. The standard InChI is InChI=1S/C23H21N3O/c1-22(2)18-7-3-4-8-20(18)26-15-21(27)25-23(22,26)12-11-16-9-10-19-17(14-16)6-5-13-24-19/h3-14H,15H2,1-2H3,(H,25,27)/b12-11+/t23-/m0/s1. The first kappa shape index (κ1) is 16.1. The third-order valence-corrected chi connectivity index (χ3v) is 6.02. The molecule has 1 saturated heterocycles. The Morgan fingerprint density at radius 2 is 1.96 bits per heavy atom. The number of carbonyl (C=O) groups excluding carboxylic acids is 1. The van der Waals surface area contributed by atoms with Crippen molar-refractivity contribution < 1.29 is 4.79 Å². The van der Waals surface area contributed by atoms with E-state index >= 15 is 0 Å². The summed E-state index contributed by atoms with van der Waals surface area (Å²) >= 11 is 0. The van der Waals surface area contributed by atoms with Gasteiger partial charge in [0, 0.05) is 22.7 Å². The maximum atomic E-state index is 12.4. The van der Waals surface area contributed by atoms with Crippen LogP contribution in [0.4, 0.5) is 5.69 Å². The third-order valence-electron chi connectivity index (χ3n) is 6.02. The van der Waals surface area contributed by atoms with E-state index in [9.17, 15) is 4.79 Å². The van der Waals surface area contributed by atoms with Gasteiger partial charge in [-0.25, -0.2) is 0 Å². The van der Waals surface area contributed by atoms with Crippen LogP contribution in [0.5, 0.6) is 0 Å². The molecule has 4 nitrogen and oxygen atoms in total. The maximum Gasteiger partial charge on any atom is 0.241 e. The van der Waals surface area contributed by atoms with Crippen molar-refractivity contribution in [3.8, 4) is 0 Å². The van der Waals surface area contributed by atoms with E-state index in [-0.39, 0.29) is 11.3 Å². The van der Waals surface area contributed by atoms with E-state index in [0.717, 1.165) is 22.2 Å². The lowest BCUT2D eigenvalue weighted by Crippen LogP contribution is -2.58. The van der Waals surface area contributed by atoms with Gasteiger partial charge in [-0.3, -0.25) is 9.78 Å². The van der Waals surface area contributed by atoms with Crippen LogP contribution < -0.4 is 10.2 Å². The smallest absolute Gasteiger partial charge is 0.241 e. The molecule has 0 unspecified atom stereocenters. The summed E-state index contributed by atoms with van der Waals surface area (Å²) in [5.41, 5.74) is 3.67. The van der Waals surface area contributed by atoms with Crippen molar-refractivity contribution in [3.63, 3.8) is 0 Å². The predicted molar refractivity (Wildman–Crippen MR) is 108 cm³/mol. The van der Waals surface area contributed by atoms with Gasteiger partial charge >= 0.3 is 0 Å². The van der Waals surface area contributed by atoms with Gasteiger partial charge in [0.15, 0.2) is 0 Å². The van der Waals surface area contributed by atoms with E-state index < -0.39 is 5.66 Å². The second-order valence-corrected chi connectivity index (χ2v) is 7.83. The monoisotopic (exact) mass is 355 g/mol. The average molecular weight is 355 g/mol. The molecule has 2 aliphatic rings. The molecule has 1 amide bonds. The predicted octanol–water partition coefficient (Wildman–Crippen LogP) is 3.87. The fourth-order valence-corrected chi connectivity index (χ4v) is 4.55. The molecule has 3 heterocycles. The summed E-state index contributed by atoms with van der Waals surface area (Å²) in [5, 5.41) is 4.37. The van der Waals surface area contributed by atoms with Gasteiger partial charge in [0.05, 0.1) is 12.1 Å². The highest BCUT2D eigenvalue weighted by atomic mass is 16.2. The van der Waals surface area contributed by atoms with Gasteiger partial charge in [0.25, 0.3) is 0 Å². The van der Waals surface area contributed by atoms with Crippen LogP contribution >= 0.6 is 0 Å². The van der Waals surface area contributed by atoms with Crippen molar-refractivity contribution in [1.82, 2.24) is 10.3 Å². The van der Waals surface area contributed by atoms with Gasteiger partial charge in [0.2, 0.25) is 5.91 Å². The Labute approximate surface area is 158 Å². The highest BCUT2D eigenvalue weighted by molar-refractivity contribution is 5.92. The molecule has 0 saturated carbocycles. The molecule has 1 fully saturated rings. The van der Waals surface area contributed by atoms with E-state index in [2.05, 4.69) is 77.6 Å². The molecule has 0 aliphatic carbocycles. The molecule has 0 bridgehead atoms. The number of pyridine rings is 1. The maximum absolute atomic E-state index is 12.4. The molecular weight excluding hydrogens is 334 g/mol. The van der Waals surface area contributed by atoms with Crippen LogP contribution in [0.2, 0.25) is 0 Å². The van der Waals surface area contributed by atoms with Gasteiger partial charge in [-0.1, -0.05) is 50.3 Å². The summed E-state index contributed by atoms with van der Waals surface area (Å²) in [4.78, 5) is 18.9. The number of carbonyl (C=O) groups is 1. The van der Waals surface area contributed by atoms with E-state index in [1.54, 1.807) is 6.20 Å². The van der Waals surface area contributed by atoms with E-state index in [0.29, 0.717) is 6.54 Å². The fourth-order valence-electron chi connectivity index (χ4n) is 4.55. The number of amides is 1. The molecule has 5 rings (SSSR count). The normalized spacial score (nSPS) is 22.9. The Balaban J connectivity index is 1.61. The fraction of sp³-hybridized carbons (Fsp3) is 0.217. The van der Waals surface area contributed by atoms with Gasteiger partial charge in [0.1, 0.15) is 5.66 Å². The molecule has 134 valence electrons. The Morgan fingerprint density at radius 1 is 1.11 bits per heavy atom. The molecule has 4 heteroatoms. The van der Waals surface area contributed by atoms with Crippen LogP contribution in [0.25, 0.3) is 17.0 Å². The lowest BCUT2D eigenvalue weighted by Gasteiger charge is -2.40. The number of anilines is 1. The van der Waals surface area contributed by atoms with Crippen LogP contribution in [0.15, 0.2) is 66.9 Å². The first-order valence-electron chi connectivity index (χ1n) is 9.23. The van der Waals surface area contributed by atoms with Crippen molar-refractivity contribution in [2.24, 2.45) is 0 Å². The summed E-state index contributed by atoms with van der Waals surface area (Å²) in [6.07, 6.45) is 6.06. The van der Waals surface area contributed by atoms with Crippen molar-refractivity contribution in [3.05, 3.63) is 78.0 Å². The van der Waals surface area contributed by atoms with Crippen molar-refractivity contribution in [2.75, 3.05) is 11.4 Å². The van der Waals surface area contributed by atoms with Crippen LogP contribution in [-0.2, 0) is 10.2 Å². The molecule has 1 aromatic heterocycles. The molecule has 0 radical (unpaired) electrons. The van der Waals surface area contributed by atoms with E-state index in [1.165, 1.54) is 5.56 Å². The second-order valence-electron chi connectivity index (χ2n) is 7.83. The summed E-state index contributed by atoms with van der Waals surface area (Å²) in [6.45, 7) is 4.78. The molecule has 27 heavy (non-hydrogen) atoms. The van der Waals surface area contributed by atoms with Gasteiger partial charge < -0.3 is 10.2 Å². The highest BCUT2D eigenvalue weighted by Gasteiger charge is 2.59. The molecule has 1 N–H and O–H groups in total. The number of para-hydroxylation sites is 1. The number of benzene rings is 2. The zero-order valence-corrected chi connectivity index (χ0v) is 15.4. The van der Waals surface area contributed by atoms with Crippen LogP contribution in [0, 0.1) is 0 Å². The minimum Gasteiger partial charge on any atom is -0.335 e. The number of fused-ring (bicyclic) bond motifs is 4. The summed E-state index contributed by atoms with van der Waals surface area (Å²) in [7, 11) is 0. The third kappa shape index (κ3) is 2.16. The average Bonchev–Trinajstić information content (AvgIpc) is 3.11. The zero-order valence-electron chi connectivity index (χ0n) is 15.4. The van der Waals surface area contributed by atoms with E-state index in [1.807, 2.05) is 18.2 Å². The number of nitrogens with zero attached hydrogens (tertiary/aromatic N) is 2. The zero-order chi connectivity index (χ0) is 18.6. The van der Waals surface area contributed by atoms with Gasteiger partial charge in [-0.2, -0.15) is 0 Å². The van der Waals surface area contributed by atoms with Crippen LogP contribution in [-0.4, -0.2) is 23.1 Å². The second kappa shape index (κ2) is 5.43. The highest BCUT2D eigenvalue weighted by Crippen LogP contribution is 2.52. The Morgan fingerprint density at radius 3 is 2.85 bits per heavy atom. The Bertz CT molecular complexity index is 1100. The minimum atomic E-state index is -0.558. The Kier molecular flexibility index (Phi) is 3.23. The quantitative estimate of drug-likeness (QED) is 0.759. The summed E-state index contributed by atoms with van der Waals surface area (Å²) in [6, 6.07) is 18.6. The largest absolute Gasteiger partial charge is 0.335 e. The molecule has 1 atom stereocenters. The number of nitrogens with one attached hydrogen (secondary N) is 1. The summed E-state index contributed by atoms with van der Waals surface area (Å²) < 4.78 is 0. The number of aromatic nitrogens is 1. The topological polar surface area (TPSA) is 45.2 Å². The minimum absolute atomic E-state index is 0.0601. The molecular formula is C23H21N3O. The number of hydrogen-bond donors (Lipinski definition) is 1. The SMILES string of the molecule is CC1(C)c2ccccc2N2CC(=O)N[C@@]21/C=C/c1ccc2ncccc2c1. The number of hydrogen-bond acceptors (Lipinski definition) is 3. The lowest BCUT2D eigenvalue weighted by atomic mass is 9.75. The first-order chi connectivity index (χ1) is 13.0. The van der Waals surface area contributed by atoms with Crippen LogP contribution in [0.1, 0.15) is 25.0 Å². The van der Waals surface area contributed by atoms with Crippen LogP contribution in [0.3, 0.4) is 0 Å². The molecule has 2 aromatic carbocycles. The van der Waals surface area contributed by atoms with Gasteiger partial charge in [-0.05, 0) is 41.5 Å². The van der Waals surface area contributed by atoms with Gasteiger partial charge in [-0.15, -0.1) is 0 Å². The molecule has 2 aliphatic heterocycles. The number of rotatable bonds is 2. The van der Waals surface area contributed by atoms with Crippen molar-refractivity contribution in [2.45, 2.75) is 24.9 Å². The Hall–Kier alpha value is -3.14. The van der Waals surface area contributed by atoms with Crippen molar-refractivity contribution in [1.29, 1.82) is 0 Å². The van der Waals surface area contributed by atoms with Crippen molar-refractivity contribution >= 4 is 28.6 Å². The summed E-state index contributed by atoms with van der Waals surface area (Å²) in [5.74, 6) is 0.0601. The van der Waals surface area contributed by atoms with E-state index in [4.69, 9.17) is 0 Å². The molecule has 0 spiro atoms.